The Morgan fingerprint density at radius 3 is 2.33 bits per heavy atom. The van der Waals surface area contributed by atoms with Crippen molar-refractivity contribution in [2.75, 3.05) is 0 Å². The quantitative estimate of drug-likeness (QED) is 0.576. The normalized spacial score (nSPS) is 12.0. The third kappa shape index (κ3) is 2.53. The van der Waals surface area contributed by atoms with Crippen LogP contribution in [0, 0.1) is 11.3 Å². The lowest BCUT2D eigenvalue weighted by Gasteiger charge is -2.19. The van der Waals surface area contributed by atoms with Gasteiger partial charge in [0, 0.05) is 0 Å². The molecule has 0 aliphatic rings. The van der Waals surface area contributed by atoms with Crippen molar-refractivity contribution in [2.24, 2.45) is 0 Å². The molecule has 4 aromatic rings. The summed E-state index contributed by atoms with van der Waals surface area (Å²) in [6, 6.07) is 24.4. The maximum absolute atomic E-state index is 9.01. The Morgan fingerprint density at radius 1 is 0.875 bits per heavy atom. The zero-order valence-corrected chi connectivity index (χ0v) is 12.9. The van der Waals surface area contributed by atoms with Crippen molar-refractivity contribution in [3.8, 4) is 6.07 Å². The second-order valence-corrected chi connectivity index (χ2v) is 5.62. The molecular formula is C20H14N4. The number of nitriles is 1. The topological polar surface area (TPSA) is 54.5 Å². The van der Waals surface area contributed by atoms with E-state index in [1.54, 1.807) is 6.33 Å². The van der Waals surface area contributed by atoms with Crippen LogP contribution in [0.4, 0.5) is 0 Å². The summed E-state index contributed by atoms with van der Waals surface area (Å²) < 4.78 is 1.84. The fourth-order valence-electron chi connectivity index (χ4n) is 2.97. The molecule has 0 fully saturated rings. The fourth-order valence-corrected chi connectivity index (χ4v) is 2.97. The lowest BCUT2D eigenvalue weighted by Crippen LogP contribution is -2.13. The van der Waals surface area contributed by atoms with Crippen LogP contribution in [-0.2, 0) is 0 Å². The first-order valence-electron chi connectivity index (χ1n) is 7.68. The molecule has 3 aromatic carbocycles. The van der Waals surface area contributed by atoms with E-state index in [1.165, 1.54) is 17.1 Å². The highest BCUT2D eigenvalue weighted by molar-refractivity contribution is 5.83. The Bertz CT molecular complexity index is 1010. The SMILES string of the molecule is N#Cc1ccc(C(c2ccc3ccccc3c2)n2cncn2)cc1. The van der Waals surface area contributed by atoms with Gasteiger partial charge in [-0.25, -0.2) is 9.67 Å². The molecule has 0 amide bonds. The highest BCUT2D eigenvalue weighted by Gasteiger charge is 2.17. The van der Waals surface area contributed by atoms with Crippen molar-refractivity contribution in [3.63, 3.8) is 0 Å². The van der Waals surface area contributed by atoms with Gasteiger partial charge in [0.25, 0.3) is 0 Å². The van der Waals surface area contributed by atoms with Crippen molar-refractivity contribution in [3.05, 3.63) is 96.1 Å². The minimum atomic E-state index is -0.0788. The third-order valence-corrected chi connectivity index (χ3v) is 4.15. The zero-order chi connectivity index (χ0) is 16.4. The summed E-state index contributed by atoms with van der Waals surface area (Å²) in [7, 11) is 0. The van der Waals surface area contributed by atoms with E-state index in [1.807, 2.05) is 41.1 Å². The van der Waals surface area contributed by atoms with E-state index in [4.69, 9.17) is 5.26 Å². The molecule has 0 aliphatic carbocycles. The average molecular weight is 310 g/mol. The molecule has 0 spiro atoms. The number of benzene rings is 3. The summed E-state index contributed by atoms with van der Waals surface area (Å²) in [5.74, 6) is 0. The molecule has 1 aromatic heterocycles. The van der Waals surface area contributed by atoms with E-state index in [2.05, 4.69) is 46.5 Å². The molecule has 4 heteroatoms. The number of hydrogen-bond donors (Lipinski definition) is 0. The number of hydrogen-bond acceptors (Lipinski definition) is 3. The van der Waals surface area contributed by atoms with E-state index < -0.39 is 0 Å². The molecule has 1 heterocycles. The number of aromatic nitrogens is 3. The van der Waals surface area contributed by atoms with Gasteiger partial charge in [-0.1, -0.05) is 48.5 Å². The lowest BCUT2D eigenvalue weighted by atomic mass is 9.96. The summed E-state index contributed by atoms with van der Waals surface area (Å²) in [4.78, 5) is 4.09. The summed E-state index contributed by atoms with van der Waals surface area (Å²) >= 11 is 0. The van der Waals surface area contributed by atoms with Gasteiger partial charge in [0.1, 0.15) is 18.7 Å². The minimum Gasteiger partial charge on any atom is -0.241 e. The van der Waals surface area contributed by atoms with E-state index in [0.717, 1.165) is 11.1 Å². The number of rotatable bonds is 3. The van der Waals surface area contributed by atoms with Gasteiger partial charge in [0.05, 0.1) is 11.6 Å². The van der Waals surface area contributed by atoms with E-state index in [0.29, 0.717) is 5.56 Å². The second-order valence-electron chi connectivity index (χ2n) is 5.62. The van der Waals surface area contributed by atoms with Crippen LogP contribution < -0.4 is 0 Å². The molecule has 4 nitrogen and oxygen atoms in total. The summed E-state index contributed by atoms with van der Waals surface area (Å²) in [5.41, 5.74) is 2.84. The molecule has 0 aliphatic heterocycles. The second kappa shape index (κ2) is 5.98. The maximum atomic E-state index is 9.01. The molecule has 1 unspecified atom stereocenters. The Morgan fingerprint density at radius 2 is 1.62 bits per heavy atom. The van der Waals surface area contributed by atoms with Crippen molar-refractivity contribution in [1.82, 2.24) is 14.8 Å². The van der Waals surface area contributed by atoms with Crippen molar-refractivity contribution in [2.45, 2.75) is 6.04 Å². The number of fused-ring (bicyclic) bond motifs is 1. The Labute approximate surface area is 139 Å². The fraction of sp³-hybridized carbons (Fsp3) is 0.0500. The summed E-state index contributed by atoms with van der Waals surface area (Å²) in [6.45, 7) is 0. The molecule has 1 atom stereocenters. The number of nitrogens with zero attached hydrogens (tertiary/aromatic N) is 4. The van der Waals surface area contributed by atoms with Crippen molar-refractivity contribution >= 4 is 10.8 Å². The van der Waals surface area contributed by atoms with Crippen LogP contribution in [0.1, 0.15) is 22.7 Å². The molecule has 0 N–H and O–H groups in total. The molecule has 114 valence electrons. The summed E-state index contributed by atoms with van der Waals surface area (Å²) in [5, 5.41) is 15.7. The lowest BCUT2D eigenvalue weighted by molar-refractivity contribution is 0.594. The van der Waals surface area contributed by atoms with Crippen LogP contribution in [0.2, 0.25) is 0 Å². The first-order chi connectivity index (χ1) is 11.8. The van der Waals surface area contributed by atoms with Crippen LogP contribution in [-0.4, -0.2) is 14.8 Å². The predicted molar refractivity (Wildman–Crippen MR) is 92.4 cm³/mol. The van der Waals surface area contributed by atoms with Gasteiger partial charge in [-0.3, -0.25) is 0 Å². The van der Waals surface area contributed by atoms with Crippen LogP contribution in [0.5, 0.6) is 0 Å². The molecule has 0 saturated heterocycles. The van der Waals surface area contributed by atoms with Crippen LogP contribution in [0.3, 0.4) is 0 Å². The van der Waals surface area contributed by atoms with Crippen LogP contribution in [0.15, 0.2) is 79.4 Å². The van der Waals surface area contributed by atoms with Gasteiger partial charge in [0.15, 0.2) is 0 Å². The van der Waals surface area contributed by atoms with Gasteiger partial charge in [-0.05, 0) is 40.1 Å². The average Bonchev–Trinajstić information content (AvgIpc) is 3.17. The first-order valence-corrected chi connectivity index (χ1v) is 7.68. The highest BCUT2D eigenvalue weighted by Crippen LogP contribution is 2.28. The van der Waals surface area contributed by atoms with Gasteiger partial charge in [0.2, 0.25) is 0 Å². The van der Waals surface area contributed by atoms with Gasteiger partial charge in [-0.2, -0.15) is 10.4 Å². The molecular weight excluding hydrogens is 296 g/mol. The Kier molecular flexibility index (Phi) is 3.53. The van der Waals surface area contributed by atoms with Gasteiger partial charge < -0.3 is 0 Å². The highest BCUT2D eigenvalue weighted by atomic mass is 15.3. The molecule has 0 saturated carbocycles. The minimum absolute atomic E-state index is 0.0788. The third-order valence-electron chi connectivity index (χ3n) is 4.15. The van der Waals surface area contributed by atoms with Crippen LogP contribution in [0.25, 0.3) is 10.8 Å². The first kappa shape index (κ1) is 14.2. The Hall–Kier alpha value is -3.45. The smallest absolute Gasteiger partial charge is 0.137 e. The Balaban J connectivity index is 1.86. The molecule has 4 rings (SSSR count). The summed E-state index contributed by atoms with van der Waals surface area (Å²) in [6.07, 6.45) is 3.26. The standard InChI is InChI=1S/C20H14N4/c21-12-15-5-7-17(8-6-15)20(24-14-22-13-23-24)19-10-9-16-3-1-2-4-18(16)11-19/h1-11,13-14,20H. The zero-order valence-electron chi connectivity index (χ0n) is 12.9. The van der Waals surface area contributed by atoms with Crippen LogP contribution >= 0.6 is 0 Å². The molecule has 0 radical (unpaired) electrons. The van der Waals surface area contributed by atoms with Crippen molar-refractivity contribution in [1.29, 1.82) is 5.26 Å². The maximum Gasteiger partial charge on any atom is 0.137 e. The van der Waals surface area contributed by atoms with E-state index in [9.17, 15) is 0 Å². The molecule has 0 bridgehead atoms. The molecule has 24 heavy (non-hydrogen) atoms. The monoisotopic (exact) mass is 310 g/mol. The van der Waals surface area contributed by atoms with Gasteiger partial charge >= 0.3 is 0 Å². The van der Waals surface area contributed by atoms with Crippen molar-refractivity contribution < 1.29 is 0 Å². The van der Waals surface area contributed by atoms with E-state index in [-0.39, 0.29) is 6.04 Å². The van der Waals surface area contributed by atoms with Gasteiger partial charge in [-0.15, -0.1) is 0 Å². The largest absolute Gasteiger partial charge is 0.241 e. The van der Waals surface area contributed by atoms with E-state index >= 15 is 0 Å². The predicted octanol–water partition coefficient (Wildman–Crippen LogP) is 3.94.